The third kappa shape index (κ3) is 2.15. The molecule has 1 aromatic carbocycles. The van der Waals surface area contributed by atoms with Crippen LogP contribution >= 0.6 is 12.4 Å². The standard InChI is InChI=1S/C15H19NO.ClH/c1-15(2,3)10-4-5-13-11(8-10)12-9-16-7-6-14(12)17-13;/h4-5,8,16H,6-7,9H2,1-3H3;1H. The van der Waals surface area contributed by atoms with E-state index in [-0.39, 0.29) is 17.8 Å². The summed E-state index contributed by atoms with van der Waals surface area (Å²) in [4.78, 5) is 0. The van der Waals surface area contributed by atoms with Gasteiger partial charge in [0.05, 0.1) is 0 Å². The van der Waals surface area contributed by atoms with Crippen molar-refractivity contribution in [1.29, 1.82) is 0 Å². The van der Waals surface area contributed by atoms with Crippen LogP contribution in [0.5, 0.6) is 0 Å². The number of nitrogens with one attached hydrogen (secondary N) is 1. The largest absolute Gasteiger partial charge is 0.461 e. The predicted octanol–water partition coefficient (Wildman–Crippen LogP) is 3.80. The number of halogens is 1. The summed E-state index contributed by atoms with van der Waals surface area (Å²) in [5.74, 6) is 1.17. The Morgan fingerprint density at radius 2 is 2.00 bits per heavy atom. The number of hydrogen-bond acceptors (Lipinski definition) is 2. The fraction of sp³-hybridized carbons (Fsp3) is 0.467. The Hall–Kier alpha value is -0.990. The lowest BCUT2D eigenvalue weighted by Gasteiger charge is -2.19. The molecule has 0 saturated carbocycles. The molecule has 0 atom stereocenters. The minimum absolute atomic E-state index is 0. The Bertz CT molecular complexity index is 566. The van der Waals surface area contributed by atoms with Gasteiger partial charge in [0.2, 0.25) is 0 Å². The molecule has 0 radical (unpaired) electrons. The number of furan rings is 1. The fourth-order valence-corrected chi connectivity index (χ4v) is 2.48. The van der Waals surface area contributed by atoms with Crippen molar-refractivity contribution in [1.82, 2.24) is 5.32 Å². The molecule has 18 heavy (non-hydrogen) atoms. The van der Waals surface area contributed by atoms with E-state index in [1.165, 1.54) is 22.3 Å². The molecular formula is C15H20ClNO. The molecule has 2 aromatic rings. The summed E-state index contributed by atoms with van der Waals surface area (Å²) in [5, 5.41) is 4.71. The smallest absolute Gasteiger partial charge is 0.134 e. The normalized spacial score (nSPS) is 15.3. The van der Waals surface area contributed by atoms with Crippen molar-refractivity contribution in [2.45, 2.75) is 39.2 Å². The van der Waals surface area contributed by atoms with Gasteiger partial charge in [-0.3, -0.25) is 0 Å². The van der Waals surface area contributed by atoms with Crippen LogP contribution in [0.25, 0.3) is 11.0 Å². The summed E-state index contributed by atoms with van der Waals surface area (Å²) in [6.07, 6.45) is 1.01. The van der Waals surface area contributed by atoms with Crippen LogP contribution in [-0.2, 0) is 18.4 Å². The van der Waals surface area contributed by atoms with Gasteiger partial charge < -0.3 is 9.73 Å². The van der Waals surface area contributed by atoms with Crippen LogP contribution in [-0.4, -0.2) is 6.54 Å². The molecule has 0 unspecified atom stereocenters. The third-order valence-corrected chi connectivity index (χ3v) is 3.57. The van der Waals surface area contributed by atoms with Gasteiger partial charge in [-0.1, -0.05) is 26.8 Å². The molecule has 1 aliphatic heterocycles. The number of fused-ring (bicyclic) bond motifs is 3. The Kier molecular flexibility index (Phi) is 3.43. The first kappa shape index (κ1) is 13.4. The van der Waals surface area contributed by atoms with Gasteiger partial charge in [-0.25, -0.2) is 0 Å². The van der Waals surface area contributed by atoms with Crippen molar-refractivity contribution in [3.63, 3.8) is 0 Å². The van der Waals surface area contributed by atoms with E-state index in [0.717, 1.165) is 25.1 Å². The summed E-state index contributed by atoms with van der Waals surface area (Å²) in [6.45, 7) is 8.71. The Labute approximate surface area is 114 Å². The number of rotatable bonds is 0. The number of benzene rings is 1. The zero-order valence-electron chi connectivity index (χ0n) is 11.2. The molecule has 0 aliphatic carbocycles. The lowest BCUT2D eigenvalue weighted by atomic mass is 9.86. The maximum atomic E-state index is 5.92. The van der Waals surface area contributed by atoms with E-state index in [1.54, 1.807) is 0 Å². The quantitative estimate of drug-likeness (QED) is 0.784. The lowest BCUT2D eigenvalue weighted by molar-refractivity contribution is 0.500. The van der Waals surface area contributed by atoms with Gasteiger partial charge in [-0.05, 0) is 23.1 Å². The van der Waals surface area contributed by atoms with Gasteiger partial charge in [0, 0.05) is 30.5 Å². The minimum atomic E-state index is 0. The van der Waals surface area contributed by atoms with E-state index in [0.29, 0.717) is 0 Å². The van der Waals surface area contributed by atoms with Gasteiger partial charge in [0.1, 0.15) is 11.3 Å². The molecule has 0 amide bonds. The van der Waals surface area contributed by atoms with Crippen molar-refractivity contribution in [3.8, 4) is 0 Å². The Morgan fingerprint density at radius 1 is 1.22 bits per heavy atom. The van der Waals surface area contributed by atoms with E-state index in [2.05, 4.69) is 44.3 Å². The van der Waals surface area contributed by atoms with Gasteiger partial charge >= 0.3 is 0 Å². The monoisotopic (exact) mass is 265 g/mol. The molecule has 1 aliphatic rings. The zero-order chi connectivity index (χ0) is 12.0. The Morgan fingerprint density at radius 3 is 2.72 bits per heavy atom. The van der Waals surface area contributed by atoms with Crippen molar-refractivity contribution in [2.24, 2.45) is 0 Å². The van der Waals surface area contributed by atoms with E-state index >= 15 is 0 Å². The van der Waals surface area contributed by atoms with Crippen molar-refractivity contribution in [2.75, 3.05) is 6.54 Å². The van der Waals surface area contributed by atoms with Crippen molar-refractivity contribution >= 4 is 23.4 Å². The third-order valence-electron chi connectivity index (χ3n) is 3.57. The second kappa shape index (κ2) is 4.60. The van der Waals surface area contributed by atoms with Gasteiger partial charge in [-0.15, -0.1) is 12.4 Å². The molecule has 0 bridgehead atoms. The predicted molar refractivity (Wildman–Crippen MR) is 77.6 cm³/mol. The van der Waals surface area contributed by atoms with Crippen LogP contribution in [0.2, 0.25) is 0 Å². The molecule has 0 fully saturated rings. The Balaban J connectivity index is 0.00000120. The molecule has 2 heterocycles. The first-order valence-corrected chi connectivity index (χ1v) is 6.31. The highest BCUT2D eigenvalue weighted by Crippen LogP contribution is 2.32. The van der Waals surface area contributed by atoms with Crippen LogP contribution in [0.4, 0.5) is 0 Å². The summed E-state index contributed by atoms with van der Waals surface area (Å²) < 4.78 is 5.92. The summed E-state index contributed by atoms with van der Waals surface area (Å²) >= 11 is 0. The maximum Gasteiger partial charge on any atom is 0.134 e. The van der Waals surface area contributed by atoms with Crippen LogP contribution in [0.3, 0.4) is 0 Å². The SMILES string of the molecule is CC(C)(C)c1ccc2oc3c(c2c1)CNCC3.Cl. The first-order chi connectivity index (χ1) is 8.05. The van der Waals surface area contributed by atoms with E-state index < -0.39 is 0 Å². The summed E-state index contributed by atoms with van der Waals surface area (Å²) in [5.41, 5.74) is 3.96. The highest BCUT2D eigenvalue weighted by atomic mass is 35.5. The average Bonchev–Trinajstić information content (AvgIpc) is 2.65. The highest BCUT2D eigenvalue weighted by molar-refractivity contribution is 5.85. The van der Waals surface area contributed by atoms with Crippen molar-refractivity contribution in [3.05, 3.63) is 35.1 Å². The molecule has 1 aromatic heterocycles. The van der Waals surface area contributed by atoms with E-state index in [4.69, 9.17) is 4.42 Å². The molecule has 3 heteroatoms. The topological polar surface area (TPSA) is 25.2 Å². The molecule has 0 saturated heterocycles. The first-order valence-electron chi connectivity index (χ1n) is 6.31. The molecule has 2 nitrogen and oxygen atoms in total. The molecule has 3 rings (SSSR count). The van der Waals surface area contributed by atoms with Crippen molar-refractivity contribution < 1.29 is 4.42 Å². The fourth-order valence-electron chi connectivity index (χ4n) is 2.48. The lowest BCUT2D eigenvalue weighted by Crippen LogP contribution is -2.22. The average molecular weight is 266 g/mol. The van der Waals surface area contributed by atoms with Crippen LogP contribution in [0.1, 0.15) is 37.7 Å². The molecular weight excluding hydrogens is 246 g/mol. The molecule has 1 N–H and O–H groups in total. The van der Waals surface area contributed by atoms with Crippen LogP contribution in [0, 0.1) is 0 Å². The number of hydrogen-bond donors (Lipinski definition) is 1. The van der Waals surface area contributed by atoms with Crippen LogP contribution < -0.4 is 5.32 Å². The van der Waals surface area contributed by atoms with E-state index in [1.807, 2.05) is 0 Å². The van der Waals surface area contributed by atoms with Gasteiger partial charge in [0.25, 0.3) is 0 Å². The molecule has 98 valence electrons. The second-order valence-electron chi connectivity index (χ2n) is 5.89. The minimum Gasteiger partial charge on any atom is -0.461 e. The summed E-state index contributed by atoms with van der Waals surface area (Å²) in [6, 6.07) is 6.60. The maximum absolute atomic E-state index is 5.92. The van der Waals surface area contributed by atoms with Gasteiger partial charge in [0.15, 0.2) is 0 Å². The van der Waals surface area contributed by atoms with Gasteiger partial charge in [-0.2, -0.15) is 0 Å². The highest BCUT2D eigenvalue weighted by Gasteiger charge is 2.20. The second-order valence-corrected chi connectivity index (χ2v) is 5.89. The summed E-state index contributed by atoms with van der Waals surface area (Å²) in [7, 11) is 0. The molecule has 0 spiro atoms. The zero-order valence-corrected chi connectivity index (χ0v) is 12.0. The van der Waals surface area contributed by atoms with Crippen LogP contribution in [0.15, 0.2) is 22.6 Å². The van der Waals surface area contributed by atoms with E-state index in [9.17, 15) is 0 Å².